The predicted molar refractivity (Wildman–Crippen MR) is 111 cm³/mol. The molecule has 3 aromatic heterocycles. The number of imidazole rings is 1. The van der Waals surface area contributed by atoms with Gasteiger partial charge in [0.1, 0.15) is 0 Å². The Labute approximate surface area is 183 Å². The third kappa shape index (κ3) is 4.06. The zero-order valence-corrected chi connectivity index (χ0v) is 17.7. The molecule has 0 aliphatic carbocycles. The minimum Gasteiger partial charge on any atom is -0.333 e. The number of carbonyl (C=O) groups excluding carboxylic acids is 1. The van der Waals surface area contributed by atoms with Crippen LogP contribution in [0.3, 0.4) is 0 Å². The van der Waals surface area contributed by atoms with Crippen LogP contribution in [-0.2, 0) is 13.2 Å². The second kappa shape index (κ2) is 7.82. The highest BCUT2D eigenvalue weighted by Gasteiger charge is 2.40. The first-order valence-corrected chi connectivity index (χ1v) is 10.0. The second-order valence-corrected chi connectivity index (χ2v) is 7.98. The van der Waals surface area contributed by atoms with E-state index in [-0.39, 0.29) is 15.8 Å². The summed E-state index contributed by atoms with van der Waals surface area (Å²) in [4.78, 5) is 21.9. The van der Waals surface area contributed by atoms with Crippen molar-refractivity contribution in [2.75, 3.05) is 5.32 Å². The molecule has 12 heteroatoms. The number of hydrogen-bond acceptors (Lipinski definition) is 5. The van der Waals surface area contributed by atoms with Gasteiger partial charge in [0.15, 0.2) is 16.6 Å². The number of benzene rings is 1. The molecule has 160 valence electrons. The van der Waals surface area contributed by atoms with Gasteiger partial charge < -0.3 is 4.57 Å². The molecule has 1 aromatic carbocycles. The summed E-state index contributed by atoms with van der Waals surface area (Å²) in [5, 5.41) is 6.62. The van der Waals surface area contributed by atoms with Crippen LogP contribution in [0.2, 0.25) is 5.02 Å². The van der Waals surface area contributed by atoms with E-state index < -0.39 is 23.3 Å². The van der Waals surface area contributed by atoms with Gasteiger partial charge in [-0.2, -0.15) is 18.3 Å². The average Bonchev–Trinajstić information content (AvgIpc) is 3.39. The SMILES string of the molecule is Cc1nc(NC(=O)c2cnn(-c3cccc(Cl)c3)c2C(F)(F)F)sc1-c1nccn1C. The Hall–Kier alpha value is -3.18. The molecule has 3 heterocycles. The highest BCUT2D eigenvalue weighted by Crippen LogP contribution is 2.35. The molecular weight excluding hydrogens is 453 g/mol. The largest absolute Gasteiger partial charge is 0.434 e. The van der Waals surface area contributed by atoms with Crippen LogP contribution in [0.4, 0.5) is 18.3 Å². The Morgan fingerprint density at radius 3 is 2.71 bits per heavy atom. The van der Waals surface area contributed by atoms with Gasteiger partial charge in [-0.05, 0) is 25.1 Å². The lowest BCUT2D eigenvalue weighted by Gasteiger charge is -2.12. The summed E-state index contributed by atoms with van der Waals surface area (Å²) in [6.07, 6.45) is -0.583. The molecule has 0 unspecified atom stereocenters. The third-order valence-electron chi connectivity index (χ3n) is 4.38. The molecular formula is C19H14ClF3N6OS. The van der Waals surface area contributed by atoms with Crippen LogP contribution >= 0.6 is 22.9 Å². The number of aryl methyl sites for hydroxylation is 2. The highest BCUT2D eigenvalue weighted by molar-refractivity contribution is 7.19. The molecule has 0 atom stereocenters. The molecule has 1 N–H and O–H groups in total. The van der Waals surface area contributed by atoms with Gasteiger partial charge in [-0.25, -0.2) is 14.6 Å². The number of halogens is 4. The van der Waals surface area contributed by atoms with Crippen LogP contribution in [0.15, 0.2) is 42.9 Å². The van der Waals surface area contributed by atoms with E-state index >= 15 is 0 Å². The maximum atomic E-state index is 13.8. The van der Waals surface area contributed by atoms with Crippen molar-refractivity contribution in [3.05, 3.63) is 64.8 Å². The van der Waals surface area contributed by atoms with Gasteiger partial charge in [0.05, 0.1) is 28.0 Å². The van der Waals surface area contributed by atoms with Gasteiger partial charge in [-0.15, -0.1) is 0 Å². The molecule has 31 heavy (non-hydrogen) atoms. The fourth-order valence-electron chi connectivity index (χ4n) is 3.00. The molecule has 7 nitrogen and oxygen atoms in total. The molecule has 0 spiro atoms. The Kier molecular flexibility index (Phi) is 5.31. The minimum absolute atomic E-state index is 0.0843. The molecule has 1 amide bonds. The number of hydrogen-bond donors (Lipinski definition) is 1. The van der Waals surface area contributed by atoms with Gasteiger partial charge in [-0.1, -0.05) is 29.0 Å². The number of anilines is 1. The summed E-state index contributed by atoms with van der Waals surface area (Å²) in [7, 11) is 1.81. The second-order valence-electron chi connectivity index (χ2n) is 6.55. The van der Waals surface area contributed by atoms with Crippen molar-refractivity contribution in [1.82, 2.24) is 24.3 Å². The number of nitrogens with one attached hydrogen (secondary N) is 1. The van der Waals surface area contributed by atoms with Crippen molar-refractivity contribution in [2.24, 2.45) is 7.05 Å². The number of nitrogens with zero attached hydrogens (tertiary/aromatic N) is 5. The van der Waals surface area contributed by atoms with E-state index in [2.05, 4.69) is 20.4 Å². The van der Waals surface area contributed by atoms with E-state index in [0.717, 1.165) is 17.5 Å². The van der Waals surface area contributed by atoms with Gasteiger partial charge in [0.25, 0.3) is 5.91 Å². The van der Waals surface area contributed by atoms with Crippen molar-refractivity contribution < 1.29 is 18.0 Å². The van der Waals surface area contributed by atoms with Crippen molar-refractivity contribution in [2.45, 2.75) is 13.1 Å². The number of rotatable bonds is 4. The van der Waals surface area contributed by atoms with Crippen LogP contribution in [0.1, 0.15) is 21.7 Å². The fraction of sp³-hybridized carbons (Fsp3) is 0.158. The summed E-state index contributed by atoms with van der Waals surface area (Å²) in [6, 6.07) is 5.77. The summed E-state index contributed by atoms with van der Waals surface area (Å²) in [5.74, 6) is -0.332. The maximum Gasteiger partial charge on any atom is 0.434 e. The molecule has 4 aromatic rings. The van der Waals surface area contributed by atoms with Crippen LogP contribution in [0.5, 0.6) is 0 Å². The van der Waals surface area contributed by atoms with Crippen molar-refractivity contribution in [3.8, 4) is 16.4 Å². The Bertz CT molecular complexity index is 1280. The molecule has 0 fully saturated rings. The lowest BCUT2D eigenvalue weighted by molar-refractivity contribution is -0.143. The van der Waals surface area contributed by atoms with E-state index in [1.807, 2.05) is 0 Å². The highest BCUT2D eigenvalue weighted by atomic mass is 35.5. The Balaban J connectivity index is 1.69. The van der Waals surface area contributed by atoms with E-state index in [1.165, 1.54) is 24.3 Å². The van der Waals surface area contributed by atoms with Crippen LogP contribution in [0.25, 0.3) is 16.4 Å². The topological polar surface area (TPSA) is 77.6 Å². The smallest absolute Gasteiger partial charge is 0.333 e. The number of carbonyl (C=O) groups is 1. The molecule has 0 aliphatic heterocycles. The number of alkyl halides is 3. The van der Waals surface area contributed by atoms with E-state index in [0.29, 0.717) is 21.1 Å². The minimum atomic E-state index is -4.83. The molecule has 0 bridgehead atoms. The summed E-state index contributed by atoms with van der Waals surface area (Å²) in [6.45, 7) is 1.73. The molecule has 0 saturated heterocycles. The van der Waals surface area contributed by atoms with Crippen molar-refractivity contribution >= 4 is 34.0 Å². The van der Waals surface area contributed by atoms with Crippen LogP contribution in [-0.4, -0.2) is 30.2 Å². The number of amides is 1. The molecule has 4 rings (SSSR count). The van der Waals surface area contributed by atoms with Crippen molar-refractivity contribution in [3.63, 3.8) is 0 Å². The summed E-state index contributed by atoms with van der Waals surface area (Å²) >= 11 is 7.01. The summed E-state index contributed by atoms with van der Waals surface area (Å²) in [5.41, 5.74) is -1.15. The fourth-order valence-corrected chi connectivity index (χ4v) is 4.18. The summed E-state index contributed by atoms with van der Waals surface area (Å²) < 4.78 is 43.9. The maximum absolute atomic E-state index is 13.8. The first-order chi connectivity index (χ1) is 14.6. The van der Waals surface area contributed by atoms with Crippen molar-refractivity contribution in [1.29, 1.82) is 0 Å². The molecule has 0 radical (unpaired) electrons. The lowest BCUT2D eigenvalue weighted by Crippen LogP contribution is -2.20. The van der Waals surface area contributed by atoms with Gasteiger partial charge in [0, 0.05) is 24.5 Å². The Morgan fingerprint density at radius 2 is 2.06 bits per heavy atom. The van der Waals surface area contributed by atoms with Crippen LogP contribution < -0.4 is 5.32 Å². The van der Waals surface area contributed by atoms with E-state index in [1.54, 1.807) is 30.9 Å². The quantitative estimate of drug-likeness (QED) is 0.461. The molecule has 0 aliphatic rings. The van der Waals surface area contributed by atoms with E-state index in [4.69, 9.17) is 11.6 Å². The van der Waals surface area contributed by atoms with Gasteiger partial charge in [-0.3, -0.25) is 10.1 Å². The monoisotopic (exact) mass is 466 g/mol. The lowest BCUT2D eigenvalue weighted by atomic mass is 10.2. The predicted octanol–water partition coefficient (Wildman–Crippen LogP) is 4.96. The zero-order valence-electron chi connectivity index (χ0n) is 16.1. The first kappa shape index (κ1) is 21.1. The molecule has 0 saturated carbocycles. The normalized spacial score (nSPS) is 11.7. The first-order valence-electron chi connectivity index (χ1n) is 8.83. The number of aromatic nitrogens is 5. The standard InChI is InChI=1S/C19H14ClF3N6OS/c1-10-14(16-24-6-7-28(16)2)31-18(26-10)27-17(30)13-9-25-29(15(13)19(21,22)23)12-5-3-4-11(20)8-12/h3-9H,1-2H3,(H,26,27,30). The third-order valence-corrected chi connectivity index (χ3v) is 5.68. The van der Waals surface area contributed by atoms with Gasteiger partial charge in [0.2, 0.25) is 0 Å². The van der Waals surface area contributed by atoms with Crippen LogP contribution in [0, 0.1) is 6.92 Å². The van der Waals surface area contributed by atoms with E-state index in [9.17, 15) is 18.0 Å². The number of thiazole rings is 1. The zero-order chi connectivity index (χ0) is 22.3. The Morgan fingerprint density at radius 1 is 1.29 bits per heavy atom. The van der Waals surface area contributed by atoms with Gasteiger partial charge >= 0.3 is 6.18 Å². The average molecular weight is 467 g/mol.